The summed E-state index contributed by atoms with van der Waals surface area (Å²) < 4.78 is 14.5. The van der Waals surface area contributed by atoms with Crippen molar-refractivity contribution >= 4 is 39.3 Å². The number of thiophene rings is 1. The van der Waals surface area contributed by atoms with Gasteiger partial charge >= 0.3 is 5.97 Å². The predicted molar refractivity (Wildman–Crippen MR) is 74.1 cm³/mol. The molecular weight excluding hydrogens is 319 g/mol. The van der Waals surface area contributed by atoms with E-state index in [1.54, 1.807) is 24.3 Å². The fraction of sp³-hybridized carbons (Fsp3) is 0. The Balaban J connectivity index is 2.35. The van der Waals surface area contributed by atoms with E-state index in [9.17, 15) is 9.18 Å². The summed E-state index contributed by atoms with van der Waals surface area (Å²) >= 11 is 4.64. The number of rotatable bonds is 3. The summed E-state index contributed by atoms with van der Waals surface area (Å²) in [6.45, 7) is 0. The largest absolute Gasteiger partial charge is 0.478 e. The molecule has 0 saturated carbocycles. The molecule has 5 heteroatoms. The number of benzene rings is 1. The molecule has 92 valence electrons. The molecule has 1 N–H and O–H groups in total. The third-order valence-electron chi connectivity index (χ3n) is 2.21. The second kappa shape index (κ2) is 5.46. The molecule has 0 bridgehead atoms. The van der Waals surface area contributed by atoms with E-state index in [1.165, 1.54) is 23.5 Å². The van der Waals surface area contributed by atoms with Crippen LogP contribution in [0.15, 0.2) is 40.9 Å². The predicted octanol–water partition coefficient (Wildman–Crippen LogP) is 4.41. The van der Waals surface area contributed by atoms with E-state index in [0.29, 0.717) is 5.56 Å². The zero-order valence-corrected chi connectivity index (χ0v) is 11.5. The number of aliphatic carboxylic acids is 1. The first-order valence-corrected chi connectivity index (χ1v) is 6.63. The lowest BCUT2D eigenvalue weighted by molar-refractivity contribution is -0.131. The van der Waals surface area contributed by atoms with E-state index in [0.717, 1.165) is 20.3 Å². The SMILES string of the molecule is O=C(O)/C=C/c1ccc(-c2cc(Br)ccc2F)s1. The van der Waals surface area contributed by atoms with Crippen molar-refractivity contribution in [2.24, 2.45) is 0 Å². The molecule has 0 fully saturated rings. The molecular formula is C13H8BrFO2S. The van der Waals surface area contributed by atoms with Gasteiger partial charge < -0.3 is 5.11 Å². The maximum atomic E-state index is 13.7. The van der Waals surface area contributed by atoms with Gasteiger partial charge in [-0.2, -0.15) is 0 Å². The van der Waals surface area contributed by atoms with E-state index >= 15 is 0 Å². The van der Waals surface area contributed by atoms with E-state index < -0.39 is 5.97 Å². The Morgan fingerprint density at radius 2 is 2.11 bits per heavy atom. The summed E-state index contributed by atoms with van der Waals surface area (Å²) in [5.74, 6) is -1.30. The Kier molecular flexibility index (Phi) is 3.93. The smallest absolute Gasteiger partial charge is 0.328 e. The van der Waals surface area contributed by atoms with Crippen molar-refractivity contribution in [3.8, 4) is 10.4 Å². The summed E-state index contributed by atoms with van der Waals surface area (Å²) in [5, 5.41) is 8.53. The van der Waals surface area contributed by atoms with Crippen molar-refractivity contribution in [1.82, 2.24) is 0 Å². The quantitative estimate of drug-likeness (QED) is 0.848. The Bertz CT molecular complexity index is 619. The first-order valence-electron chi connectivity index (χ1n) is 5.02. The number of hydrogen-bond donors (Lipinski definition) is 1. The number of halogens is 2. The first kappa shape index (κ1) is 13.0. The van der Waals surface area contributed by atoms with E-state index in [-0.39, 0.29) is 5.82 Å². The number of carboxylic acids is 1. The average molecular weight is 327 g/mol. The highest BCUT2D eigenvalue weighted by molar-refractivity contribution is 9.10. The van der Waals surface area contributed by atoms with Gasteiger partial charge in [-0.3, -0.25) is 0 Å². The maximum absolute atomic E-state index is 13.7. The molecule has 0 unspecified atom stereocenters. The molecule has 0 atom stereocenters. The first-order chi connectivity index (χ1) is 8.56. The molecule has 2 aromatic rings. The molecule has 0 spiro atoms. The molecule has 0 amide bonds. The van der Waals surface area contributed by atoms with Crippen LogP contribution < -0.4 is 0 Å². The highest BCUT2D eigenvalue weighted by Crippen LogP contribution is 2.32. The van der Waals surface area contributed by atoms with Crippen LogP contribution >= 0.6 is 27.3 Å². The van der Waals surface area contributed by atoms with E-state index in [4.69, 9.17) is 5.11 Å². The van der Waals surface area contributed by atoms with Crippen LogP contribution in [0.5, 0.6) is 0 Å². The molecule has 1 aromatic carbocycles. The van der Waals surface area contributed by atoms with Crippen molar-refractivity contribution in [3.05, 3.63) is 51.6 Å². The van der Waals surface area contributed by atoms with E-state index in [1.807, 2.05) is 0 Å². The summed E-state index contributed by atoms with van der Waals surface area (Å²) in [4.78, 5) is 11.9. The Morgan fingerprint density at radius 1 is 1.33 bits per heavy atom. The normalized spacial score (nSPS) is 11.0. The van der Waals surface area contributed by atoms with Crippen LogP contribution in [0.3, 0.4) is 0 Å². The van der Waals surface area contributed by atoms with Gasteiger partial charge in [-0.05, 0) is 36.4 Å². The van der Waals surface area contributed by atoms with Crippen LogP contribution in [0.1, 0.15) is 4.88 Å². The molecule has 0 aliphatic carbocycles. The van der Waals surface area contributed by atoms with Crippen molar-refractivity contribution in [2.45, 2.75) is 0 Å². The number of carbonyl (C=O) groups is 1. The Labute approximate surface area is 116 Å². The van der Waals surface area contributed by atoms with Crippen LogP contribution in [0.25, 0.3) is 16.5 Å². The number of carboxylic acid groups (broad SMARTS) is 1. The minimum absolute atomic E-state index is 0.297. The van der Waals surface area contributed by atoms with Crippen LogP contribution in [0.2, 0.25) is 0 Å². The zero-order valence-electron chi connectivity index (χ0n) is 9.06. The summed E-state index contributed by atoms with van der Waals surface area (Å²) in [6.07, 6.45) is 2.55. The van der Waals surface area contributed by atoms with Crippen LogP contribution in [-0.2, 0) is 4.79 Å². The lowest BCUT2D eigenvalue weighted by Gasteiger charge is -2.00. The number of hydrogen-bond acceptors (Lipinski definition) is 2. The molecule has 0 aliphatic rings. The standard InChI is InChI=1S/C13H8BrFO2S/c14-8-1-4-11(15)10(7-8)12-5-2-9(18-12)3-6-13(16)17/h1-7H,(H,16,17)/b6-3+. The third-order valence-corrected chi connectivity index (χ3v) is 3.79. The fourth-order valence-corrected chi connectivity index (χ4v) is 2.72. The maximum Gasteiger partial charge on any atom is 0.328 e. The summed E-state index contributed by atoms with van der Waals surface area (Å²) in [7, 11) is 0. The van der Waals surface area contributed by atoms with Crippen LogP contribution in [0, 0.1) is 5.82 Å². The second-order valence-electron chi connectivity index (χ2n) is 3.50. The summed E-state index contributed by atoms with van der Waals surface area (Å²) in [5.41, 5.74) is 0.504. The van der Waals surface area contributed by atoms with E-state index in [2.05, 4.69) is 15.9 Å². The molecule has 0 radical (unpaired) electrons. The van der Waals surface area contributed by atoms with Gasteiger partial charge in [0.2, 0.25) is 0 Å². The van der Waals surface area contributed by atoms with Crippen molar-refractivity contribution in [3.63, 3.8) is 0 Å². The van der Waals surface area contributed by atoms with Crippen molar-refractivity contribution in [1.29, 1.82) is 0 Å². The van der Waals surface area contributed by atoms with Gasteiger partial charge in [-0.15, -0.1) is 11.3 Å². The van der Waals surface area contributed by atoms with Crippen LogP contribution in [0.4, 0.5) is 4.39 Å². The fourth-order valence-electron chi connectivity index (χ4n) is 1.43. The van der Waals surface area contributed by atoms with Gasteiger partial charge in [0, 0.05) is 25.9 Å². The van der Waals surface area contributed by atoms with Gasteiger partial charge in [0.1, 0.15) is 5.82 Å². The highest BCUT2D eigenvalue weighted by Gasteiger charge is 2.08. The molecule has 1 heterocycles. The summed E-state index contributed by atoms with van der Waals surface area (Å²) in [6, 6.07) is 8.27. The minimum atomic E-state index is -1.00. The second-order valence-corrected chi connectivity index (χ2v) is 5.53. The van der Waals surface area contributed by atoms with Crippen LogP contribution in [-0.4, -0.2) is 11.1 Å². The third kappa shape index (κ3) is 3.05. The van der Waals surface area contributed by atoms with Gasteiger partial charge in [-0.25, -0.2) is 9.18 Å². The molecule has 0 aliphatic heterocycles. The molecule has 2 rings (SSSR count). The van der Waals surface area contributed by atoms with Gasteiger partial charge in [0.05, 0.1) is 0 Å². The molecule has 18 heavy (non-hydrogen) atoms. The topological polar surface area (TPSA) is 37.3 Å². The lowest BCUT2D eigenvalue weighted by atomic mass is 10.2. The lowest BCUT2D eigenvalue weighted by Crippen LogP contribution is -1.84. The monoisotopic (exact) mass is 326 g/mol. The molecule has 2 nitrogen and oxygen atoms in total. The molecule has 0 saturated heterocycles. The zero-order chi connectivity index (χ0) is 13.1. The minimum Gasteiger partial charge on any atom is -0.478 e. The van der Waals surface area contributed by atoms with Gasteiger partial charge in [-0.1, -0.05) is 15.9 Å². The van der Waals surface area contributed by atoms with Crippen molar-refractivity contribution in [2.75, 3.05) is 0 Å². The Hall–Kier alpha value is -1.46. The van der Waals surface area contributed by atoms with Gasteiger partial charge in [0.25, 0.3) is 0 Å². The van der Waals surface area contributed by atoms with Crippen molar-refractivity contribution < 1.29 is 14.3 Å². The highest BCUT2D eigenvalue weighted by atomic mass is 79.9. The average Bonchev–Trinajstić information content (AvgIpc) is 2.78. The Morgan fingerprint density at radius 3 is 2.83 bits per heavy atom. The van der Waals surface area contributed by atoms with Gasteiger partial charge in [0.15, 0.2) is 0 Å². The molecule has 1 aromatic heterocycles.